The summed E-state index contributed by atoms with van der Waals surface area (Å²) in [5, 5.41) is 3.37. The number of aromatic nitrogens is 2. The number of nitrogens with one attached hydrogen (secondary N) is 1. The van der Waals surface area contributed by atoms with E-state index in [1.807, 2.05) is 6.92 Å². The lowest BCUT2D eigenvalue weighted by Gasteiger charge is -2.36. The third kappa shape index (κ3) is 4.14. The predicted octanol–water partition coefficient (Wildman–Crippen LogP) is 3.28. The van der Waals surface area contributed by atoms with Gasteiger partial charge in [0.15, 0.2) is 11.6 Å². The molecule has 0 spiro atoms. The molecule has 1 aromatic carbocycles. The van der Waals surface area contributed by atoms with E-state index in [1.54, 1.807) is 6.20 Å². The van der Waals surface area contributed by atoms with Crippen LogP contribution in [-0.2, 0) is 6.54 Å². The maximum atomic E-state index is 15.1. The number of nitrogens with two attached hydrogens (primary N) is 1. The lowest BCUT2D eigenvalue weighted by molar-refractivity contribution is 0.250. The van der Waals surface area contributed by atoms with Gasteiger partial charge < -0.3 is 20.5 Å². The number of carbonyl (C=O) groups excluding carboxylic acids is 1. The molecule has 4 rings (SSSR count). The Morgan fingerprint density at radius 3 is 2.62 bits per heavy atom. The second-order valence-corrected chi connectivity index (χ2v) is 8.07. The molecular formula is C22H29FN6O3. The number of hydrogen-bond donors (Lipinski definition) is 2. The maximum absolute atomic E-state index is 15.1. The third-order valence-electron chi connectivity index (χ3n) is 6.05. The summed E-state index contributed by atoms with van der Waals surface area (Å²) in [5.41, 5.74) is 6.80. The molecule has 1 aromatic heterocycles. The van der Waals surface area contributed by atoms with Crippen LogP contribution in [-0.4, -0.2) is 48.8 Å². The largest absolute Gasteiger partial charge is 0.497 e. The van der Waals surface area contributed by atoms with E-state index in [2.05, 4.69) is 15.3 Å². The van der Waals surface area contributed by atoms with Crippen LogP contribution in [0.2, 0.25) is 0 Å². The van der Waals surface area contributed by atoms with Crippen molar-refractivity contribution >= 4 is 23.5 Å². The lowest BCUT2D eigenvalue weighted by atomic mass is 9.92. The highest BCUT2D eigenvalue weighted by Gasteiger charge is 2.34. The number of nitrogens with zero attached hydrogens (tertiary/aromatic N) is 4. The molecule has 1 saturated carbocycles. The fourth-order valence-electron chi connectivity index (χ4n) is 4.23. The van der Waals surface area contributed by atoms with E-state index in [-0.39, 0.29) is 36.1 Å². The molecule has 0 atom stereocenters. The molecule has 1 aliphatic heterocycles. The number of ether oxygens (including phenoxy) is 2. The van der Waals surface area contributed by atoms with Crippen molar-refractivity contribution in [1.82, 2.24) is 9.97 Å². The Morgan fingerprint density at radius 2 is 1.97 bits per heavy atom. The number of halogens is 1. The third-order valence-corrected chi connectivity index (χ3v) is 6.05. The molecule has 9 nitrogen and oxygen atoms in total. The molecule has 0 unspecified atom stereocenters. The number of methoxy groups -OCH3 is 2. The van der Waals surface area contributed by atoms with Crippen molar-refractivity contribution in [3.8, 4) is 11.5 Å². The Balaban J connectivity index is 1.64. The minimum atomic E-state index is -0.629. The van der Waals surface area contributed by atoms with Gasteiger partial charge in [-0.15, -0.1) is 0 Å². The monoisotopic (exact) mass is 444 g/mol. The summed E-state index contributed by atoms with van der Waals surface area (Å²) < 4.78 is 25.4. The van der Waals surface area contributed by atoms with Gasteiger partial charge in [0, 0.05) is 42.5 Å². The molecule has 1 aliphatic carbocycles. The highest BCUT2D eigenvalue weighted by Crippen LogP contribution is 2.37. The molecule has 1 fully saturated rings. The summed E-state index contributed by atoms with van der Waals surface area (Å²) in [5.74, 6) is 0.787. The Morgan fingerprint density at radius 1 is 1.22 bits per heavy atom. The number of anilines is 3. The second kappa shape index (κ2) is 9.15. The molecule has 2 heterocycles. The van der Waals surface area contributed by atoms with Gasteiger partial charge in [-0.2, -0.15) is 4.98 Å². The first kappa shape index (κ1) is 22.1. The molecule has 2 aromatic rings. The lowest BCUT2D eigenvalue weighted by Crippen LogP contribution is -2.48. The molecule has 2 amide bonds. The van der Waals surface area contributed by atoms with Gasteiger partial charge in [-0.25, -0.2) is 14.2 Å². The first-order chi connectivity index (χ1) is 15.4. The standard InChI is InChI=1S/C22H29FN6O3/c1-4-28-20-13(11-25-21(27-20)26-15-7-5-14(24)6-8-15)12-29(22(28)30)17-9-16(31-2)10-18(32-3)19(17)23/h9-11,14-15H,4-8,12,24H2,1-3H3,(H,25,26,27). The van der Waals surface area contributed by atoms with Gasteiger partial charge in [-0.05, 0) is 32.6 Å². The highest BCUT2D eigenvalue weighted by molar-refractivity contribution is 6.05. The normalized spacial score (nSPS) is 20.7. The fourth-order valence-corrected chi connectivity index (χ4v) is 4.23. The van der Waals surface area contributed by atoms with Crippen molar-refractivity contribution in [3.63, 3.8) is 0 Å². The van der Waals surface area contributed by atoms with Gasteiger partial charge in [-0.1, -0.05) is 0 Å². The Kier molecular flexibility index (Phi) is 6.31. The van der Waals surface area contributed by atoms with Gasteiger partial charge in [0.05, 0.1) is 26.5 Å². The fraction of sp³-hybridized carbons (Fsp3) is 0.500. The van der Waals surface area contributed by atoms with Crippen LogP contribution in [0.25, 0.3) is 0 Å². The Hall–Kier alpha value is -3.14. The molecule has 10 heteroatoms. The summed E-state index contributed by atoms with van der Waals surface area (Å²) >= 11 is 0. The quantitative estimate of drug-likeness (QED) is 0.704. The van der Waals surface area contributed by atoms with Crippen LogP contribution in [0.15, 0.2) is 18.3 Å². The first-order valence-corrected chi connectivity index (χ1v) is 10.8. The average molecular weight is 445 g/mol. The number of carbonyl (C=O) groups is 1. The van der Waals surface area contributed by atoms with Crippen LogP contribution >= 0.6 is 0 Å². The summed E-state index contributed by atoms with van der Waals surface area (Å²) in [6, 6.07) is 3.07. The van der Waals surface area contributed by atoms with E-state index in [9.17, 15) is 4.79 Å². The van der Waals surface area contributed by atoms with Crippen LogP contribution < -0.4 is 30.3 Å². The zero-order valence-electron chi connectivity index (χ0n) is 18.6. The number of urea groups is 1. The number of rotatable bonds is 6. The van der Waals surface area contributed by atoms with Gasteiger partial charge in [-0.3, -0.25) is 9.80 Å². The van der Waals surface area contributed by atoms with E-state index in [0.29, 0.717) is 24.1 Å². The highest BCUT2D eigenvalue weighted by atomic mass is 19.1. The van der Waals surface area contributed by atoms with Crippen molar-refractivity contribution in [2.75, 3.05) is 35.9 Å². The summed E-state index contributed by atoms with van der Waals surface area (Å²) in [6.45, 7) is 2.36. The first-order valence-electron chi connectivity index (χ1n) is 10.8. The summed E-state index contributed by atoms with van der Waals surface area (Å²) in [6.07, 6.45) is 5.54. The van der Waals surface area contributed by atoms with Crippen molar-refractivity contribution < 1.29 is 18.7 Å². The number of fused-ring (bicyclic) bond motifs is 1. The van der Waals surface area contributed by atoms with Crippen molar-refractivity contribution in [1.29, 1.82) is 0 Å². The van der Waals surface area contributed by atoms with Crippen molar-refractivity contribution in [3.05, 3.63) is 29.7 Å². The molecule has 172 valence electrons. The molecule has 2 aliphatic rings. The molecule has 0 bridgehead atoms. The predicted molar refractivity (Wildman–Crippen MR) is 120 cm³/mol. The molecule has 32 heavy (non-hydrogen) atoms. The average Bonchev–Trinajstić information content (AvgIpc) is 2.80. The smallest absolute Gasteiger partial charge is 0.330 e. The van der Waals surface area contributed by atoms with Gasteiger partial charge >= 0.3 is 6.03 Å². The topological polar surface area (TPSA) is 106 Å². The molecule has 0 saturated heterocycles. The zero-order chi connectivity index (χ0) is 22.8. The number of benzene rings is 1. The van der Waals surface area contributed by atoms with E-state index < -0.39 is 5.82 Å². The minimum Gasteiger partial charge on any atom is -0.497 e. The van der Waals surface area contributed by atoms with Gasteiger partial charge in [0.25, 0.3) is 0 Å². The van der Waals surface area contributed by atoms with Crippen molar-refractivity contribution in [2.24, 2.45) is 5.73 Å². The maximum Gasteiger partial charge on any atom is 0.330 e. The molecule has 0 radical (unpaired) electrons. The Labute approximate surface area is 186 Å². The minimum absolute atomic E-state index is 0.00370. The second-order valence-electron chi connectivity index (χ2n) is 8.07. The SMILES string of the molecule is CCN1C(=O)N(c2cc(OC)cc(OC)c2F)Cc2cnc(NC3CCC(N)CC3)nc21. The van der Waals surface area contributed by atoms with Crippen LogP contribution in [0.4, 0.5) is 26.6 Å². The van der Waals surface area contributed by atoms with E-state index in [1.165, 1.54) is 36.2 Å². The summed E-state index contributed by atoms with van der Waals surface area (Å²) in [7, 11) is 2.85. The number of hydrogen-bond acceptors (Lipinski definition) is 7. The number of amides is 2. The Bertz CT molecular complexity index is 996. The van der Waals surface area contributed by atoms with Crippen LogP contribution in [0.1, 0.15) is 38.2 Å². The van der Waals surface area contributed by atoms with E-state index in [4.69, 9.17) is 15.2 Å². The van der Waals surface area contributed by atoms with Crippen LogP contribution in [0.3, 0.4) is 0 Å². The summed E-state index contributed by atoms with van der Waals surface area (Å²) in [4.78, 5) is 25.3. The van der Waals surface area contributed by atoms with Gasteiger partial charge in [0.1, 0.15) is 11.6 Å². The molecular weight excluding hydrogens is 415 g/mol. The zero-order valence-corrected chi connectivity index (χ0v) is 18.6. The van der Waals surface area contributed by atoms with Crippen LogP contribution in [0.5, 0.6) is 11.5 Å². The van der Waals surface area contributed by atoms with Gasteiger partial charge in [0.2, 0.25) is 5.95 Å². The van der Waals surface area contributed by atoms with Crippen molar-refractivity contribution in [2.45, 2.75) is 51.2 Å². The molecule has 3 N–H and O–H groups in total. The van der Waals surface area contributed by atoms with E-state index >= 15 is 4.39 Å². The van der Waals surface area contributed by atoms with E-state index in [0.717, 1.165) is 31.2 Å². The van der Waals surface area contributed by atoms with Crippen LogP contribution in [0, 0.1) is 5.82 Å².